The second-order valence-electron chi connectivity index (χ2n) is 4.26. The van der Waals surface area contributed by atoms with Crippen LogP contribution in [0.4, 0.5) is 5.69 Å². The topological polar surface area (TPSA) is 86.7 Å². The van der Waals surface area contributed by atoms with E-state index in [1.165, 1.54) is 6.26 Å². The Morgan fingerprint density at radius 3 is 2.76 bits per heavy atom. The molecule has 2 rings (SSSR count). The summed E-state index contributed by atoms with van der Waals surface area (Å²) in [5.74, 6) is 1.48. The summed E-state index contributed by atoms with van der Waals surface area (Å²) in [5, 5.41) is 2.77. The molecule has 0 fully saturated rings. The Morgan fingerprint density at radius 1 is 1.33 bits per heavy atom. The maximum Gasteiger partial charge on any atom is 0.258 e. The molecule has 0 aliphatic carbocycles. The van der Waals surface area contributed by atoms with Gasteiger partial charge in [0.2, 0.25) is 0 Å². The van der Waals surface area contributed by atoms with Crippen molar-refractivity contribution in [1.29, 1.82) is 0 Å². The van der Waals surface area contributed by atoms with Crippen LogP contribution in [0.25, 0.3) is 0 Å². The highest BCUT2D eigenvalue weighted by Crippen LogP contribution is 2.30. The predicted octanol–water partition coefficient (Wildman–Crippen LogP) is 2.40. The average Bonchev–Trinajstić information content (AvgIpc) is 2.97. The minimum absolute atomic E-state index is 0.254. The number of hydrogen-bond acceptors (Lipinski definition) is 5. The highest BCUT2D eigenvalue weighted by atomic mass is 16.5. The molecule has 0 aliphatic heterocycles. The van der Waals surface area contributed by atoms with Crippen molar-refractivity contribution in [2.75, 3.05) is 19.0 Å². The van der Waals surface area contributed by atoms with Gasteiger partial charge in [-0.1, -0.05) is 0 Å². The smallest absolute Gasteiger partial charge is 0.258 e. The third kappa shape index (κ3) is 3.55. The van der Waals surface area contributed by atoms with Crippen molar-refractivity contribution < 1.29 is 18.7 Å². The van der Waals surface area contributed by atoms with E-state index < -0.39 is 0 Å². The summed E-state index contributed by atoms with van der Waals surface area (Å²) in [6, 6.07) is 6.80. The van der Waals surface area contributed by atoms with E-state index in [9.17, 15) is 4.79 Å². The number of methoxy groups -OCH3 is 1. The number of amides is 1. The molecule has 6 nitrogen and oxygen atoms in total. The fourth-order valence-corrected chi connectivity index (χ4v) is 1.83. The zero-order valence-corrected chi connectivity index (χ0v) is 12.0. The minimum Gasteiger partial charge on any atom is -0.493 e. The zero-order valence-electron chi connectivity index (χ0n) is 12.0. The fraction of sp³-hybridized carbons (Fsp3) is 0.267. The van der Waals surface area contributed by atoms with Gasteiger partial charge in [-0.25, -0.2) is 0 Å². The molecular formula is C15H18N2O4. The largest absolute Gasteiger partial charge is 0.493 e. The van der Waals surface area contributed by atoms with Gasteiger partial charge < -0.3 is 24.9 Å². The lowest BCUT2D eigenvalue weighted by Crippen LogP contribution is -2.11. The quantitative estimate of drug-likeness (QED) is 0.853. The standard InChI is InChI=1S/C15H18N2O4/c1-3-20-14-7-11(4-5-13(14)19-2)17-15(18)10-6-12(8-16)21-9-10/h4-7,9H,3,8,16H2,1-2H3,(H,17,18). The van der Waals surface area contributed by atoms with Crippen molar-refractivity contribution in [3.8, 4) is 11.5 Å². The van der Waals surface area contributed by atoms with Gasteiger partial charge >= 0.3 is 0 Å². The summed E-state index contributed by atoms with van der Waals surface area (Å²) < 4.78 is 15.8. The first-order chi connectivity index (χ1) is 10.2. The number of hydrogen-bond donors (Lipinski definition) is 2. The van der Waals surface area contributed by atoms with Gasteiger partial charge in [-0.15, -0.1) is 0 Å². The van der Waals surface area contributed by atoms with Crippen LogP contribution >= 0.6 is 0 Å². The molecule has 0 saturated heterocycles. The van der Waals surface area contributed by atoms with Gasteiger partial charge in [0.1, 0.15) is 12.0 Å². The lowest BCUT2D eigenvalue weighted by atomic mass is 10.2. The second-order valence-corrected chi connectivity index (χ2v) is 4.26. The van der Waals surface area contributed by atoms with Gasteiger partial charge in [0.25, 0.3) is 5.91 Å². The molecule has 6 heteroatoms. The maximum absolute atomic E-state index is 12.1. The van der Waals surface area contributed by atoms with Crippen molar-refractivity contribution >= 4 is 11.6 Å². The van der Waals surface area contributed by atoms with E-state index in [4.69, 9.17) is 19.6 Å². The van der Waals surface area contributed by atoms with Crippen molar-refractivity contribution in [2.45, 2.75) is 13.5 Å². The van der Waals surface area contributed by atoms with Gasteiger partial charge in [-0.2, -0.15) is 0 Å². The Hall–Kier alpha value is -2.47. The molecule has 1 aromatic heterocycles. The lowest BCUT2D eigenvalue weighted by Gasteiger charge is -2.11. The number of carbonyl (C=O) groups excluding carboxylic acids is 1. The summed E-state index contributed by atoms with van der Waals surface area (Å²) in [6.45, 7) is 2.64. The van der Waals surface area contributed by atoms with Crippen LogP contribution in [0.5, 0.6) is 11.5 Å². The first-order valence-corrected chi connectivity index (χ1v) is 6.57. The van der Waals surface area contributed by atoms with Crippen LogP contribution in [0.15, 0.2) is 34.9 Å². The summed E-state index contributed by atoms with van der Waals surface area (Å²) in [4.78, 5) is 12.1. The molecule has 3 N–H and O–H groups in total. The van der Waals surface area contributed by atoms with E-state index in [1.54, 1.807) is 31.4 Å². The third-order valence-corrected chi connectivity index (χ3v) is 2.84. The van der Waals surface area contributed by atoms with Crippen molar-refractivity contribution in [1.82, 2.24) is 0 Å². The van der Waals surface area contributed by atoms with Gasteiger partial charge in [0.15, 0.2) is 11.5 Å². The number of nitrogens with one attached hydrogen (secondary N) is 1. The van der Waals surface area contributed by atoms with Crippen LogP contribution in [-0.4, -0.2) is 19.6 Å². The molecule has 2 aromatic rings. The lowest BCUT2D eigenvalue weighted by molar-refractivity contribution is 0.102. The molecule has 0 saturated carbocycles. The number of carbonyl (C=O) groups is 1. The van der Waals surface area contributed by atoms with E-state index >= 15 is 0 Å². The van der Waals surface area contributed by atoms with E-state index in [2.05, 4.69) is 5.32 Å². The Labute approximate surface area is 122 Å². The molecule has 1 heterocycles. The molecule has 0 unspecified atom stereocenters. The van der Waals surface area contributed by atoms with Crippen LogP contribution in [0.1, 0.15) is 23.0 Å². The van der Waals surface area contributed by atoms with Gasteiger partial charge in [0, 0.05) is 11.8 Å². The normalized spacial score (nSPS) is 10.2. The summed E-state index contributed by atoms with van der Waals surface area (Å²) in [5.41, 5.74) is 6.48. The summed E-state index contributed by atoms with van der Waals surface area (Å²) in [7, 11) is 1.57. The predicted molar refractivity (Wildman–Crippen MR) is 78.7 cm³/mol. The number of benzene rings is 1. The van der Waals surface area contributed by atoms with Gasteiger partial charge in [0.05, 0.1) is 25.8 Å². The van der Waals surface area contributed by atoms with E-state index in [0.29, 0.717) is 35.1 Å². The van der Waals surface area contributed by atoms with Crippen LogP contribution in [0, 0.1) is 0 Å². The monoisotopic (exact) mass is 290 g/mol. The average molecular weight is 290 g/mol. The highest BCUT2D eigenvalue weighted by molar-refractivity contribution is 6.04. The maximum atomic E-state index is 12.1. The third-order valence-electron chi connectivity index (χ3n) is 2.84. The Bertz CT molecular complexity index is 622. The number of rotatable bonds is 6. The van der Waals surface area contributed by atoms with Crippen LogP contribution in [0.3, 0.4) is 0 Å². The molecule has 0 atom stereocenters. The number of anilines is 1. The molecule has 0 bridgehead atoms. The first kappa shape index (κ1) is 14.9. The van der Waals surface area contributed by atoms with Gasteiger partial charge in [-0.3, -0.25) is 4.79 Å². The fourth-order valence-electron chi connectivity index (χ4n) is 1.83. The van der Waals surface area contributed by atoms with Crippen LogP contribution in [0.2, 0.25) is 0 Å². The second kappa shape index (κ2) is 6.81. The van der Waals surface area contributed by atoms with Crippen molar-refractivity contribution in [3.63, 3.8) is 0 Å². The van der Waals surface area contributed by atoms with Crippen molar-refractivity contribution in [2.24, 2.45) is 5.73 Å². The molecule has 0 radical (unpaired) electrons. The Kier molecular flexibility index (Phi) is 4.84. The minimum atomic E-state index is -0.272. The highest BCUT2D eigenvalue weighted by Gasteiger charge is 2.12. The molecular weight excluding hydrogens is 272 g/mol. The molecule has 1 aromatic carbocycles. The molecule has 1 amide bonds. The zero-order chi connectivity index (χ0) is 15.2. The number of furan rings is 1. The SMILES string of the molecule is CCOc1cc(NC(=O)c2coc(CN)c2)ccc1OC. The molecule has 21 heavy (non-hydrogen) atoms. The van der Waals surface area contributed by atoms with Crippen LogP contribution in [-0.2, 0) is 6.54 Å². The Morgan fingerprint density at radius 2 is 2.14 bits per heavy atom. The van der Waals surface area contributed by atoms with E-state index in [0.717, 1.165) is 0 Å². The number of nitrogens with two attached hydrogens (primary N) is 1. The van der Waals surface area contributed by atoms with Crippen molar-refractivity contribution in [3.05, 3.63) is 41.9 Å². The van der Waals surface area contributed by atoms with E-state index in [1.807, 2.05) is 6.92 Å². The molecule has 0 spiro atoms. The molecule has 0 aliphatic rings. The van der Waals surface area contributed by atoms with Gasteiger partial charge in [-0.05, 0) is 25.1 Å². The summed E-state index contributed by atoms with van der Waals surface area (Å²) >= 11 is 0. The van der Waals surface area contributed by atoms with Crippen LogP contribution < -0.4 is 20.5 Å². The number of ether oxygens (including phenoxy) is 2. The molecule has 112 valence electrons. The summed E-state index contributed by atoms with van der Waals surface area (Å²) in [6.07, 6.45) is 1.38. The first-order valence-electron chi connectivity index (χ1n) is 6.57. The Balaban J connectivity index is 2.15. The van der Waals surface area contributed by atoms with E-state index in [-0.39, 0.29) is 12.5 Å².